The van der Waals surface area contributed by atoms with E-state index in [1.54, 1.807) is 12.2 Å². The van der Waals surface area contributed by atoms with Crippen molar-refractivity contribution >= 4 is 35.2 Å². The maximum Gasteiger partial charge on any atom is 0.265 e. The second kappa shape index (κ2) is 5.65. The van der Waals surface area contributed by atoms with E-state index >= 15 is 0 Å². The van der Waals surface area contributed by atoms with E-state index in [0.29, 0.717) is 0 Å². The fraction of sp³-hybridized carbons (Fsp3) is 0.267. The fourth-order valence-corrected chi connectivity index (χ4v) is 2.43. The van der Waals surface area contributed by atoms with Crippen LogP contribution in [0.5, 0.6) is 0 Å². The SMILES string of the molecule is C=CCN1C(=O)/C(=C\c2cc(C)n(C)c2C)C(=O)NC1=S. The predicted octanol–water partition coefficient (Wildman–Crippen LogP) is 1.45. The zero-order chi connectivity index (χ0) is 15.7. The lowest BCUT2D eigenvalue weighted by Crippen LogP contribution is -2.53. The zero-order valence-electron chi connectivity index (χ0n) is 12.3. The van der Waals surface area contributed by atoms with Gasteiger partial charge in [0.25, 0.3) is 11.8 Å². The maximum atomic E-state index is 12.4. The first kappa shape index (κ1) is 15.2. The molecule has 5 nitrogen and oxygen atoms in total. The lowest BCUT2D eigenvalue weighted by Gasteiger charge is -2.27. The molecule has 0 atom stereocenters. The molecule has 1 aromatic rings. The van der Waals surface area contributed by atoms with Gasteiger partial charge in [-0.3, -0.25) is 19.8 Å². The third-order valence-corrected chi connectivity index (χ3v) is 3.93. The Morgan fingerprint density at radius 2 is 2.05 bits per heavy atom. The van der Waals surface area contributed by atoms with Crippen LogP contribution in [0.15, 0.2) is 24.3 Å². The molecular weight excluding hydrogens is 286 g/mol. The summed E-state index contributed by atoms with van der Waals surface area (Å²) in [5, 5.41) is 2.64. The van der Waals surface area contributed by atoms with Gasteiger partial charge in [0, 0.05) is 25.0 Å². The molecule has 110 valence electrons. The summed E-state index contributed by atoms with van der Waals surface area (Å²) in [6.45, 7) is 7.77. The van der Waals surface area contributed by atoms with E-state index in [9.17, 15) is 9.59 Å². The van der Waals surface area contributed by atoms with Crippen LogP contribution in [0.3, 0.4) is 0 Å². The highest BCUT2D eigenvalue weighted by Crippen LogP contribution is 2.19. The Balaban J connectivity index is 2.45. The summed E-state index contributed by atoms with van der Waals surface area (Å²) in [4.78, 5) is 25.7. The normalized spacial score (nSPS) is 17.4. The Morgan fingerprint density at radius 3 is 2.57 bits per heavy atom. The molecule has 2 rings (SSSR count). The molecule has 1 aliphatic heterocycles. The predicted molar refractivity (Wildman–Crippen MR) is 85.5 cm³/mol. The standard InChI is InChI=1S/C15H17N3O2S/c1-5-6-18-14(20)12(13(19)16-15(18)21)8-11-7-9(2)17(4)10(11)3/h5,7-8H,1,6H2,2-4H3,(H,16,19,21)/b12-8-. The van der Waals surface area contributed by atoms with Crippen molar-refractivity contribution in [2.24, 2.45) is 7.05 Å². The summed E-state index contributed by atoms with van der Waals surface area (Å²) >= 11 is 5.01. The van der Waals surface area contributed by atoms with Gasteiger partial charge in [0.1, 0.15) is 5.57 Å². The van der Waals surface area contributed by atoms with Gasteiger partial charge in [0.15, 0.2) is 5.11 Å². The summed E-state index contributed by atoms with van der Waals surface area (Å²) in [5.41, 5.74) is 2.98. The minimum absolute atomic E-state index is 0.0825. The topological polar surface area (TPSA) is 54.3 Å². The van der Waals surface area contributed by atoms with Crippen LogP contribution in [-0.2, 0) is 16.6 Å². The van der Waals surface area contributed by atoms with E-state index < -0.39 is 11.8 Å². The molecular formula is C15H17N3O2S. The summed E-state index contributed by atoms with van der Waals surface area (Å²) in [6, 6.07) is 1.94. The lowest BCUT2D eigenvalue weighted by molar-refractivity contribution is -0.128. The number of hydrogen-bond acceptors (Lipinski definition) is 3. The average Bonchev–Trinajstić information content (AvgIpc) is 2.67. The van der Waals surface area contributed by atoms with Gasteiger partial charge < -0.3 is 4.57 Å². The molecule has 2 amide bonds. The molecule has 0 aliphatic carbocycles. The average molecular weight is 303 g/mol. The third-order valence-electron chi connectivity index (χ3n) is 3.61. The minimum Gasteiger partial charge on any atom is -0.352 e. The van der Waals surface area contributed by atoms with Crippen LogP contribution in [0.1, 0.15) is 17.0 Å². The molecule has 1 N–H and O–H groups in total. The van der Waals surface area contributed by atoms with Gasteiger partial charge in [-0.05, 0) is 43.8 Å². The van der Waals surface area contributed by atoms with Crippen molar-refractivity contribution in [2.45, 2.75) is 13.8 Å². The van der Waals surface area contributed by atoms with Crippen LogP contribution in [0.2, 0.25) is 0 Å². The summed E-state index contributed by atoms with van der Waals surface area (Å²) in [6.07, 6.45) is 3.18. The Morgan fingerprint density at radius 1 is 1.38 bits per heavy atom. The Kier molecular flexibility index (Phi) is 4.09. The van der Waals surface area contributed by atoms with E-state index in [1.807, 2.05) is 31.5 Å². The summed E-state index contributed by atoms with van der Waals surface area (Å²) in [7, 11) is 1.94. The fourth-order valence-electron chi connectivity index (χ4n) is 2.17. The molecule has 1 fully saturated rings. The molecule has 2 heterocycles. The first-order chi connectivity index (χ1) is 9.86. The van der Waals surface area contributed by atoms with Gasteiger partial charge in [0.2, 0.25) is 0 Å². The van der Waals surface area contributed by atoms with Crippen LogP contribution < -0.4 is 5.32 Å². The summed E-state index contributed by atoms with van der Waals surface area (Å²) < 4.78 is 2.00. The molecule has 0 spiro atoms. The Labute approximate surface area is 128 Å². The van der Waals surface area contributed by atoms with Crippen LogP contribution in [0.25, 0.3) is 6.08 Å². The van der Waals surface area contributed by atoms with E-state index in [4.69, 9.17) is 12.2 Å². The monoisotopic (exact) mass is 303 g/mol. The van der Waals surface area contributed by atoms with Crippen molar-refractivity contribution < 1.29 is 9.59 Å². The number of aromatic nitrogens is 1. The first-order valence-corrected chi connectivity index (χ1v) is 6.90. The molecule has 0 bridgehead atoms. The number of hydrogen-bond donors (Lipinski definition) is 1. The maximum absolute atomic E-state index is 12.4. The summed E-state index contributed by atoms with van der Waals surface area (Å²) in [5.74, 6) is -0.865. The van der Waals surface area contributed by atoms with Crippen molar-refractivity contribution in [3.8, 4) is 0 Å². The van der Waals surface area contributed by atoms with Gasteiger partial charge >= 0.3 is 0 Å². The van der Waals surface area contributed by atoms with Crippen LogP contribution in [-0.4, -0.2) is 32.9 Å². The van der Waals surface area contributed by atoms with Crippen LogP contribution >= 0.6 is 12.2 Å². The molecule has 1 aliphatic rings. The molecule has 21 heavy (non-hydrogen) atoms. The van der Waals surface area contributed by atoms with Gasteiger partial charge in [-0.1, -0.05) is 6.08 Å². The number of amides is 2. The molecule has 0 aromatic carbocycles. The number of carbonyl (C=O) groups excluding carboxylic acids is 2. The molecule has 0 unspecified atom stereocenters. The highest BCUT2D eigenvalue weighted by atomic mass is 32.1. The van der Waals surface area contributed by atoms with E-state index in [0.717, 1.165) is 17.0 Å². The van der Waals surface area contributed by atoms with E-state index in [2.05, 4.69) is 11.9 Å². The van der Waals surface area contributed by atoms with E-state index in [-0.39, 0.29) is 17.2 Å². The van der Waals surface area contributed by atoms with Crippen molar-refractivity contribution in [1.29, 1.82) is 0 Å². The minimum atomic E-state index is -0.466. The zero-order valence-corrected chi connectivity index (χ0v) is 13.1. The highest BCUT2D eigenvalue weighted by Gasteiger charge is 2.32. The molecule has 0 saturated carbocycles. The number of thiocarbonyl (C=S) groups is 1. The Bertz CT molecular complexity index is 685. The van der Waals surface area contributed by atoms with Gasteiger partial charge in [0.05, 0.1) is 0 Å². The van der Waals surface area contributed by atoms with Gasteiger partial charge in [-0.15, -0.1) is 6.58 Å². The smallest absolute Gasteiger partial charge is 0.265 e. The highest BCUT2D eigenvalue weighted by molar-refractivity contribution is 7.80. The molecule has 6 heteroatoms. The number of aryl methyl sites for hydroxylation is 1. The van der Waals surface area contributed by atoms with Crippen molar-refractivity contribution in [3.05, 3.63) is 41.2 Å². The number of rotatable bonds is 3. The van der Waals surface area contributed by atoms with Crippen molar-refractivity contribution in [1.82, 2.24) is 14.8 Å². The third kappa shape index (κ3) is 2.67. The van der Waals surface area contributed by atoms with Gasteiger partial charge in [-0.2, -0.15) is 0 Å². The molecule has 0 radical (unpaired) electrons. The van der Waals surface area contributed by atoms with Crippen LogP contribution in [0.4, 0.5) is 0 Å². The van der Waals surface area contributed by atoms with E-state index in [1.165, 1.54) is 4.90 Å². The number of nitrogens with zero attached hydrogens (tertiary/aromatic N) is 2. The number of nitrogens with one attached hydrogen (secondary N) is 1. The Hall–Kier alpha value is -2.21. The number of carbonyl (C=O) groups is 2. The van der Waals surface area contributed by atoms with Crippen molar-refractivity contribution in [2.75, 3.05) is 6.54 Å². The lowest BCUT2D eigenvalue weighted by atomic mass is 10.1. The van der Waals surface area contributed by atoms with Crippen LogP contribution in [0, 0.1) is 13.8 Å². The van der Waals surface area contributed by atoms with Gasteiger partial charge in [-0.25, -0.2) is 0 Å². The van der Waals surface area contributed by atoms with Crippen molar-refractivity contribution in [3.63, 3.8) is 0 Å². The quantitative estimate of drug-likeness (QED) is 0.398. The first-order valence-electron chi connectivity index (χ1n) is 6.49. The molecule has 1 saturated heterocycles. The molecule has 1 aromatic heterocycles. The second-order valence-corrected chi connectivity index (χ2v) is 5.29. The second-order valence-electron chi connectivity index (χ2n) is 4.91. The largest absolute Gasteiger partial charge is 0.352 e.